The van der Waals surface area contributed by atoms with Gasteiger partial charge in [-0.25, -0.2) is 0 Å². The predicted molar refractivity (Wildman–Crippen MR) is 109 cm³/mol. The summed E-state index contributed by atoms with van der Waals surface area (Å²) >= 11 is 0. The normalized spacial score (nSPS) is 12.3. The van der Waals surface area contributed by atoms with E-state index >= 15 is 0 Å². The predicted octanol–water partition coefficient (Wildman–Crippen LogP) is 4.66. The summed E-state index contributed by atoms with van der Waals surface area (Å²) in [6.07, 6.45) is 0. The molecule has 5 nitrogen and oxygen atoms in total. The van der Waals surface area contributed by atoms with E-state index in [4.69, 9.17) is 18.9 Å². The van der Waals surface area contributed by atoms with Gasteiger partial charge >= 0.3 is 0 Å². The van der Waals surface area contributed by atoms with E-state index < -0.39 is 0 Å². The standard InChI is InChI=1S/C23H23NO4/c1-25-21-9-5-8-18(23(21)28-16-17-6-3-2-4-7-17)15-24-19-10-11-20-22(14-19)27-13-12-26-20/h2-11,14,24H,12-13,15-16H2,1H3. The average Bonchev–Trinajstić information content (AvgIpc) is 2.77. The van der Waals surface area contributed by atoms with Crippen molar-refractivity contribution in [3.05, 3.63) is 77.9 Å². The van der Waals surface area contributed by atoms with Crippen LogP contribution < -0.4 is 24.3 Å². The van der Waals surface area contributed by atoms with Crippen LogP contribution in [0.1, 0.15) is 11.1 Å². The van der Waals surface area contributed by atoms with Crippen LogP contribution in [-0.4, -0.2) is 20.3 Å². The van der Waals surface area contributed by atoms with Gasteiger partial charge in [-0.3, -0.25) is 0 Å². The first-order valence-electron chi connectivity index (χ1n) is 9.29. The van der Waals surface area contributed by atoms with Crippen molar-refractivity contribution in [1.82, 2.24) is 0 Å². The second-order valence-corrected chi connectivity index (χ2v) is 6.43. The van der Waals surface area contributed by atoms with Gasteiger partial charge in [0.15, 0.2) is 23.0 Å². The van der Waals surface area contributed by atoms with Gasteiger partial charge in [0.05, 0.1) is 7.11 Å². The first-order valence-corrected chi connectivity index (χ1v) is 9.29. The minimum absolute atomic E-state index is 0.484. The van der Waals surface area contributed by atoms with Crippen molar-refractivity contribution in [2.24, 2.45) is 0 Å². The van der Waals surface area contributed by atoms with Crippen LogP contribution in [0.15, 0.2) is 66.7 Å². The first kappa shape index (κ1) is 18.0. The molecule has 28 heavy (non-hydrogen) atoms. The molecule has 1 aliphatic heterocycles. The van der Waals surface area contributed by atoms with Crippen molar-refractivity contribution < 1.29 is 18.9 Å². The maximum Gasteiger partial charge on any atom is 0.166 e. The van der Waals surface area contributed by atoms with Gasteiger partial charge in [0, 0.05) is 23.9 Å². The van der Waals surface area contributed by atoms with E-state index in [1.54, 1.807) is 7.11 Å². The molecule has 1 heterocycles. The van der Waals surface area contributed by atoms with E-state index in [1.165, 1.54) is 0 Å². The van der Waals surface area contributed by atoms with E-state index in [9.17, 15) is 0 Å². The zero-order chi connectivity index (χ0) is 19.2. The minimum Gasteiger partial charge on any atom is -0.493 e. The fraction of sp³-hybridized carbons (Fsp3) is 0.217. The van der Waals surface area contributed by atoms with Gasteiger partial charge in [-0.05, 0) is 23.8 Å². The van der Waals surface area contributed by atoms with Crippen LogP contribution in [-0.2, 0) is 13.2 Å². The minimum atomic E-state index is 0.484. The highest BCUT2D eigenvalue weighted by molar-refractivity contribution is 5.56. The zero-order valence-corrected chi connectivity index (χ0v) is 15.8. The van der Waals surface area contributed by atoms with E-state index in [0.29, 0.717) is 26.4 Å². The summed E-state index contributed by atoms with van der Waals surface area (Å²) in [6.45, 7) is 2.24. The van der Waals surface area contributed by atoms with Crippen molar-refractivity contribution >= 4 is 5.69 Å². The van der Waals surface area contributed by atoms with Crippen LogP contribution in [0.4, 0.5) is 5.69 Å². The zero-order valence-electron chi connectivity index (χ0n) is 15.8. The third-order valence-corrected chi connectivity index (χ3v) is 4.53. The monoisotopic (exact) mass is 377 g/mol. The Morgan fingerprint density at radius 1 is 0.893 bits per heavy atom. The van der Waals surface area contributed by atoms with Gasteiger partial charge in [0.2, 0.25) is 0 Å². The van der Waals surface area contributed by atoms with Crippen LogP contribution in [0.5, 0.6) is 23.0 Å². The number of methoxy groups -OCH3 is 1. The topological polar surface area (TPSA) is 49.0 Å². The summed E-state index contributed by atoms with van der Waals surface area (Å²) in [7, 11) is 1.66. The molecule has 0 unspecified atom stereocenters. The lowest BCUT2D eigenvalue weighted by molar-refractivity contribution is 0.171. The maximum absolute atomic E-state index is 6.11. The fourth-order valence-corrected chi connectivity index (χ4v) is 3.11. The molecule has 144 valence electrons. The summed E-state index contributed by atoms with van der Waals surface area (Å²) in [5.41, 5.74) is 3.09. The highest BCUT2D eigenvalue weighted by Crippen LogP contribution is 2.35. The number of hydrogen-bond acceptors (Lipinski definition) is 5. The van der Waals surface area contributed by atoms with Crippen LogP contribution >= 0.6 is 0 Å². The van der Waals surface area contributed by atoms with Crippen molar-refractivity contribution in [2.75, 3.05) is 25.6 Å². The molecular weight excluding hydrogens is 354 g/mol. The lowest BCUT2D eigenvalue weighted by atomic mass is 10.1. The Kier molecular flexibility index (Phi) is 5.52. The number of ether oxygens (including phenoxy) is 4. The molecule has 3 aromatic rings. The molecule has 1 aliphatic rings. The molecule has 0 saturated heterocycles. The molecule has 0 radical (unpaired) electrons. The maximum atomic E-state index is 6.11. The summed E-state index contributed by atoms with van der Waals surface area (Å²) in [5, 5.41) is 3.43. The molecule has 0 aromatic heterocycles. The Bertz CT molecular complexity index is 927. The molecule has 5 heteroatoms. The molecule has 0 atom stereocenters. The van der Waals surface area contributed by atoms with Crippen LogP contribution in [0, 0.1) is 0 Å². The second-order valence-electron chi connectivity index (χ2n) is 6.43. The van der Waals surface area contributed by atoms with Crippen LogP contribution in [0.25, 0.3) is 0 Å². The highest BCUT2D eigenvalue weighted by Gasteiger charge is 2.13. The SMILES string of the molecule is COc1cccc(CNc2ccc3c(c2)OCCO3)c1OCc1ccccc1. The smallest absolute Gasteiger partial charge is 0.166 e. The van der Waals surface area contributed by atoms with Crippen LogP contribution in [0.3, 0.4) is 0 Å². The number of fused-ring (bicyclic) bond motifs is 1. The van der Waals surface area contributed by atoms with Gasteiger partial charge in [-0.2, -0.15) is 0 Å². The third-order valence-electron chi connectivity index (χ3n) is 4.53. The van der Waals surface area contributed by atoms with Gasteiger partial charge in [0.25, 0.3) is 0 Å². The fourth-order valence-electron chi connectivity index (χ4n) is 3.11. The molecule has 0 amide bonds. The number of para-hydroxylation sites is 1. The van der Waals surface area contributed by atoms with Crippen molar-refractivity contribution in [3.63, 3.8) is 0 Å². The largest absolute Gasteiger partial charge is 0.493 e. The number of hydrogen-bond donors (Lipinski definition) is 1. The van der Waals surface area contributed by atoms with Crippen molar-refractivity contribution in [1.29, 1.82) is 0 Å². The van der Waals surface area contributed by atoms with Gasteiger partial charge < -0.3 is 24.3 Å². The van der Waals surface area contributed by atoms with Crippen LogP contribution in [0.2, 0.25) is 0 Å². The third kappa shape index (κ3) is 4.14. The Morgan fingerprint density at radius 2 is 1.71 bits per heavy atom. The Morgan fingerprint density at radius 3 is 2.54 bits per heavy atom. The van der Waals surface area contributed by atoms with Gasteiger partial charge in [-0.1, -0.05) is 42.5 Å². The van der Waals surface area contributed by atoms with E-state index in [-0.39, 0.29) is 0 Å². The van der Waals surface area contributed by atoms with E-state index in [0.717, 1.165) is 39.8 Å². The Labute approximate surface area is 164 Å². The summed E-state index contributed by atoms with van der Waals surface area (Å²) in [6, 6.07) is 21.9. The molecule has 1 N–H and O–H groups in total. The first-order chi connectivity index (χ1) is 13.8. The lowest BCUT2D eigenvalue weighted by Crippen LogP contribution is -2.15. The Hall–Kier alpha value is -3.34. The molecule has 0 bridgehead atoms. The van der Waals surface area contributed by atoms with Crippen molar-refractivity contribution in [2.45, 2.75) is 13.2 Å². The number of nitrogens with one attached hydrogen (secondary N) is 1. The molecule has 0 saturated carbocycles. The number of benzene rings is 3. The molecule has 3 aromatic carbocycles. The Balaban J connectivity index is 1.49. The highest BCUT2D eigenvalue weighted by atomic mass is 16.6. The quantitative estimate of drug-likeness (QED) is 0.649. The number of anilines is 1. The lowest BCUT2D eigenvalue weighted by Gasteiger charge is -2.20. The summed E-state index contributed by atoms with van der Waals surface area (Å²) < 4.78 is 22.9. The van der Waals surface area contributed by atoms with Crippen molar-refractivity contribution in [3.8, 4) is 23.0 Å². The summed E-state index contributed by atoms with van der Waals surface area (Å²) in [4.78, 5) is 0. The molecule has 0 spiro atoms. The van der Waals surface area contributed by atoms with E-state index in [1.807, 2.05) is 66.7 Å². The molecule has 4 rings (SSSR count). The summed E-state index contributed by atoms with van der Waals surface area (Å²) in [5.74, 6) is 3.02. The van der Waals surface area contributed by atoms with Gasteiger partial charge in [-0.15, -0.1) is 0 Å². The number of rotatable bonds is 7. The average molecular weight is 377 g/mol. The molecule has 0 aliphatic carbocycles. The van der Waals surface area contributed by atoms with E-state index in [2.05, 4.69) is 5.32 Å². The second kappa shape index (κ2) is 8.57. The molecular formula is C23H23NO4. The van der Waals surface area contributed by atoms with Gasteiger partial charge in [0.1, 0.15) is 19.8 Å². The molecule has 0 fully saturated rings.